The van der Waals surface area contributed by atoms with E-state index in [-0.39, 0.29) is 0 Å². The van der Waals surface area contributed by atoms with Gasteiger partial charge in [-0.1, -0.05) is 36.4 Å². The molecule has 126 valence electrons. The van der Waals surface area contributed by atoms with Crippen LogP contribution < -0.4 is 15.8 Å². The number of nitrogens with two attached hydrogens (primary N) is 1. The quantitative estimate of drug-likeness (QED) is 0.654. The lowest BCUT2D eigenvalue weighted by Crippen LogP contribution is -2.25. The van der Waals surface area contributed by atoms with Gasteiger partial charge in [0.15, 0.2) is 5.96 Å². The first-order valence-corrected chi connectivity index (χ1v) is 8.13. The van der Waals surface area contributed by atoms with Crippen LogP contribution in [0.2, 0.25) is 0 Å². The smallest absolute Gasteiger partial charge is 0.193 e. The second kappa shape index (κ2) is 7.84. The van der Waals surface area contributed by atoms with E-state index in [0.717, 1.165) is 30.0 Å². The normalized spacial score (nSPS) is 17.0. The molecule has 1 atom stereocenters. The SMILES string of the molecule is COCc1ccccc1NC(N)=NCC1CCOc2ccccc21. The van der Waals surface area contributed by atoms with Crippen molar-refractivity contribution in [1.29, 1.82) is 0 Å². The molecule has 0 amide bonds. The van der Waals surface area contributed by atoms with Crippen LogP contribution in [-0.4, -0.2) is 26.2 Å². The highest BCUT2D eigenvalue weighted by Crippen LogP contribution is 2.33. The standard InChI is InChI=1S/C19H23N3O2/c1-23-13-15-6-2-4-8-17(15)22-19(20)21-12-14-10-11-24-18-9-5-3-7-16(14)18/h2-9,14H,10-13H2,1H3,(H3,20,21,22). The zero-order valence-corrected chi connectivity index (χ0v) is 13.9. The Morgan fingerprint density at radius 1 is 1.25 bits per heavy atom. The summed E-state index contributed by atoms with van der Waals surface area (Å²) < 4.78 is 10.9. The molecule has 0 aromatic heterocycles. The molecule has 0 radical (unpaired) electrons. The third kappa shape index (κ3) is 3.86. The van der Waals surface area contributed by atoms with Gasteiger partial charge in [0.25, 0.3) is 0 Å². The van der Waals surface area contributed by atoms with Crippen molar-refractivity contribution in [3.8, 4) is 5.75 Å². The molecule has 0 bridgehead atoms. The predicted molar refractivity (Wildman–Crippen MR) is 96.6 cm³/mol. The van der Waals surface area contributed by atoms with Crippen LogP contribution in [0.1, 0.15) is 23.5 Å². The van der Waals surface area contributed by atoms with Crippen LogP contribution >= 0.6 is 0 Å². The number of anilines is 1. The van der Waals surface area contributed by atoms with Crippen molar-refractivity contribution in [2.24, 2.45) is 10.7 Å². The van der Waals surface area contributed by atoms with Crippen molar-refractivity contribution in [2.75, 3.05) is 25.6 Å². The van der Waals surface area contributed by atoms with Gasteiger partial charge in [0.05, 0.1) is 13.2 Å². The minimum atomic E-state index is 0.338. The maximum Gasteiger partial charge on any atom is 0.193 e. The summed E-state index contributed by atoms with van der Waals surface area (Å²) in [5.74, 6) is 1.72. The van der Waals surface area contributed by atoms with Crippen molar-refractivity contribution >= 4 is 11.6 Å². The van der Waals surface area contributed by atoms with Crippen LogP contribution in [-0.2, 0) is 11.3 Å². The first-order valence-electron chi connectivity index (χ1n) is 8.13. The third-order valence-electron chi connectivity index (χ3n) is 4.14. The van der Waals surface area contributed by atoms with Gasteiger partial charge in [-0.3, -0.25) is 4.99 Å². The number of hydrogen-bond donors (Lipinski definition) is 2. The summed E-state index contributed by atoms with van der Waals surface area (Å²) in [6, 6.07) is 16.1. The molecular formula is C19H23N3O2. The molecule has 5 heteroatoms. The van der Waals surface area contributed by atoms with E-state index in [1.165, 1.54) is 5.56 Å². The van der Waals surface area contributed by atoms with Crippen molar-refractivity contribution in [1.82, 2.24) is 0 Å². The zero-order valence-electron chi connectivity index (χ0n) is 13.9. The molecule has 0 saturated carbocycles. The molecule has 5 nitrogen and oxygen atoms in total. The van der Waals surface area contributed by atoms with E-state index in [0.29, 0.717) is 25.0 Å². The summed E-state index contributed by atoms with van der Waals surface area (Å²) in [5.41, 5.74) is 9.26. The second-order valence-electron chi connectivity index (χ2n) is 5.81. The van der Waals surface area contributed by atoms with Crippen LogP contribution in [0.15, 0.2) is 53.5 Å². The van der Waals surface area contributed by atoms with E-state index in [9.17, 15) is 0 Å². The minimum absolute atomic E-state index is 0.338. The Morgan fingerprint density at radius 2 is 2.04 bits per heavy atom. The largest absolute Gasteiger partial charge is 0.493 e. The average Bonchev–Trinajstić information content (AvgIpc) is 2.62. The highest BCUT2D eigenvalue weighted by molar-refractivity contribution is 5.93. The molecule has 3 rings (SSSR count). The first kappa shape index (κ1) is 16.3. The fourth-order valence-corrected chi connectivity index (χ4v) is 2.92. The number of ether oxygens (including phenoxy) is 2. The number of aliphatic imine (C=N–C) groups is 1. The van der Waals surface area contributed by atoms with E-state index >= 15 is 0 Å². The lowest BCUT2D eigenvalue weighted by atomic mass is 9.93. The Balaban J connectivity index is 1.68. The number of methoxy groups -OCH3 is 1. The highest BCUT2D eigenvalue weighted by atomic mass is 16.5. The molecule has 2 aromatic carbocycles. The Labute approximate surface area is 142 Å². The molecule has 2 aromatic rings. The number of guanidine groups is 1. The zero-order chi connectivity index (χ0) is 16.8. The number of fused-ring (bicyclic) bond motifs is 1. The molecule has 0 saturated heterocycles. The number of nitrogens with zero attached hydrogens (tertiary/aromatic N) is 1. The minimum Gasteiger partial charge on any atom is -0.493 e. The van der Waals surface area contributed by atoms with Gasteiger partial charge < -0.3 is 20.5 Å². The van der Waals surface area contributed by atoms with E-state index in [4.69, 9.17) is 15.2 Å². The van der Waals surface area contributed by atoms with E-state index < -0.39 is 0 Å². The Hall–Kier alpha value is -2.53. The van der Waals surface area contributed by atoms with Gasteiger partial charge in [0.1, 0.15) is 5.75 Å². The van der Waals surface area contributed by atoms with Crippen molar-refractivity contribution < 1.29 is 9.47 Å². The number of para-hydroxylation sites is 2. The van der Waals surface area contributed by atoms with Crippen LogP contribution in [0.25, 0.3) is 0 Å². The van der Waals surface area contributed by atoms with Crippen molar-refractivity contribution in [3.05, 3.63) is 59.7 Å². The van der Waals surface area contributed by atoms with Gasteiger partial charge >= 0.3 is 0 Å². The van der Waals surface area contributed by atoms with Crippen molar-refractivity contribution in [3.63, 3.8) is 0 Å². The molecule has 3 N–H and O–H groups in total. The summed E-state index contributed by atoms with van der Waals surface area (Å²) in [4.78, 5) is 4.53. The van der Waals surface area contributed by atoms with Crippen molar-refractivity contribution in [2.45, 2.75) is 18.9 Å². The summed E-state index contributed by atoms with van der Waals surface area (Å²) in [7, 11) is 1.68. The average molecular weight is 325 g/mol. The maximum absolute atomic E-state index is 6.07. The fraction of sp³-hybridized carbons (Fsp3) is 0.316. The summed E-state index contributed by atoms with van der Waals surface area (Å²) in [6.07, 6.45) is 0.952. The summed E-state index contributed by atoms with van der Waals surface area (Å²) in [6.45, 7) is 1.90. The lowest BCUT2D eigenvalue weighted by Gasteiger charge is -2.24. The Kier molecular flexibility index (Phi) is 5.33. The van der Waals surface area contributed by atoms with Gasteiger partial charge in [-0.25, -0.2) is 0 Å². The fourth-order valence-electron chi connectivity index (χ4n) is 2.92. The Bertz CT molecular complexity index is 715. The van der Waals surface area contributed by atoms with Gasteiger partial charge in [-0.15, -0.1) is 0 Å². The molecule has 0 aliphatic carbocycles. The van der Waals surface area contributed by atoms with Gasteiger partial charge in [0, 0.05) is 30.8 Å². The second-order valence-corrected chi connectivity index (χ2v) is 5.81. The molecule has 1 aliphatic heterocycles. The number of hydrogen-bond acceptors (Lipinski definition) is 3. The van der Waals surface area contributed by atoms with E-state index in [1.807, 2.05) is 42.5 Å². The number of rotatable bonds is 5. The number of nitrogens with one attached hydrogen (secondary N) is 1. The van der Waals surface area contributed by atoms with E-state index in [2.05, 4.69) is 16.4 Å². The monoisotopic (exact) mass is 325 g/mol. The van der Waals surface area contributed by atoms with Gasteiger partial charge in [-0.05, 0) is 24.1 Å². The molecule has 1 heterocycles. The first-order chi connectivity index (χ1) is 11.8. The van der Waals surface area contributed by atoms with E-state index in [1.54, 1.807) is 7.11 Å². The molecule has 1 unspecified atom stereocenters. The summed E-state index contributed by atoms with van der Waals surface area (Å²) >= 11 is 0. The topological polar surface area (TPSA) is 68.9 Å². The lowest BCUT2D eigenvalue weighted by molar-refractivity contribution is 0.185. The van der Waals surface area contributed by atoms with Crippen LogP contribution in [0.3, 0.4) is 0 Å². The molecule has 24 heavy (non-hydrogen) atoms. The third-order valence-corrected chi connectivity index (χ3v) is 4.14. The highest BCUT2D eigenvalue weighted by Gasteiger charge is 2.20. The van der Waals surface area contributed by atoms with Gasteiger partial charge in [-0.2, -0.15) is 0 Å². The van der Waals surface area contributed by atoms with Crippen LogP contribution in [0, 0.1) is 0 Å². The Morgan fingerprint density at radius 3 is 2.92 bits per heavy atom. The maximum atomic E-state index is 6.07. The molecule has 0 spiro atoms. The summed E-state index contributed by atoms with van der Waals surface area (Å²) in [5, 5.41) is 3.18. The van der Waals surface area contributed by atoms with Crippen LogP contribution in [0.5, 0.6) is 5.75 Å². The van der Waals surface area contributed by atoms with Crippen LogP contribution in [0.4, 0.5) is 5.69 Å². The van der Waals surface area contributed by atoms with Gasteiger partial charge in [0.2, 0.25) is 0 Å². The molecule has 1 aliphatic rings. The molecule has 0 fully saturated rings. The predicted octanol–water partition coefficient (Wildman–Crippen LogP) is 3.13. The molecular weight excluding hydrogens is 302 g/mol. The number of benzene rings is 2.